The van der Waals surface area contributed by atoms with Gasteiger partial charge in [-0.3, -0.25) is 0 Å². The molecule has 0 bridgehead atoms. The molecule has 0 aromatic carbocycles. The van der Waals surface area contributed by atoms with Crippen molar-refractivity contribution < 1.29 is 4.74 Å². The lowest BCUT2D eigenvalue weighted by molar-refractivity contribution is -0.0545. The molecule has 0 unspecified atom stereocenters. The van der Waals surface area contributed by atoms with Crippen LogP contribution in [0.2, 0.25) is 0 Å². The summed E-state index contributed by atoms with van der Waals surface area (Å²) in [5.41, 5.74) is 0. The quantitative estimate of drug-likeness (QED) is 0.442. The highest BCUT2D eigenvalue weighted by molar-refractivity contribution is 4.84. The Morgan fingerprint density at radius 3 is 0.968 bits per heavy atom. The summed E-state index contributed by atoms with van der Waals surface area (Å²) in [6.45, 7) is 9.58. The van der Waals surface area contributed by atoms with Crippen molar-refractivity contribution in [1.29, 1.82) is 0 Å². The van der Waals surface area contributed by atoms with Gasteiger partial charge in [-0.2, -0.15) is 0 Å². The molecule has 0 radical (unpaired) electrons. The maximum Gasteiger partial charge on any atom is 0.0579 e. The van der Waals surface area contributed by atoms with Crippen molar-refractivity contribution in [3.63, 3.8) is 0 Å². The molecule has 0 N–H and O–H groups in total. The Morgan fingerprint density at radius 1 is 0.419 bits per heavy atom. The predicted molar refractivity (Wildman–Crippen MR) is 135 cm³/mol. The van der Waals surface area contributed by atoms with E-state index in [1.165, 1.54) is 103 Å². The van der Waals surface area contributed by atoms with Crippen LogP contribution in [0, 0.1) is 23.7 Å². The summed E-state index contributed by atoms with van der Waals surface area (Å²) in [5, 5.41) is 0. The zero-order valence-electron chi connectivity index (χ0n) is 21.8. The Kier molecular flexibility index (Phi) is 10.7. The smallest absolute Gasteiger partial charge is 0.0579 e. The lowest BCUT2D eigenvalue weighted by Crippen LogP contribution is -2.43. The fourth-order valence-corrected chi connectivity index (χ4v) is 6.60. The van der Waals surface area contributed by atoms with E-state index in [4.69, 9.17) is 4.74 Å². The molecule has 0 saturated heterocycles. The van der Waals surface area contributed by atoms with Gasteiger partial charge < -0.3 is 9.64 Å². The highest BCUT2D eigenvalue weighted by Crippen LogP contribution is 2.33. The van der Waals surface area contributed by atoms with Gasteiger partial charge >= 0.3 is 0 Å². The molecule has 4 aliphatic rings. The van der Waals surface area contributed by atoms with E-state index < -0.39 is 0 Å². The fraction of sp³-hybridized carbons (Fsp3) is 1.00. The average molecular weight is 434 g/mol. The van der Waals surface area contributed by atoms with Crippen molar-refractivity contribution >= 4 is 0 Å². The second kappa shape index (κ2) is 13.0. The largest absolute Gasteiger partial charge is 0.375 e. The van der Waals surface area contributed by atoms with Gasteiger partial charge in [0.05, 0.1) is 12.2 Å². The zero-order chi connectivity index (χ0) is 22.2. The van der Waals surface area contributed by atoms with Gasteiger partial charge in [-0.1, -0.05) is 27.7 Å². The van der Waals surface area contributed by atoms with Crippen LogP contribution in [-0.4, -0.2) is 36.2 Å². The van der Waals surface area contributed by atoms with Gasteiger partial charge in [0.15, 0.2) is 0 Å². The molecule has 4 saturated carbocycles. The summed E-state index contributed by atoms with van der Waals surface area (Å²) in [4.78, 5) is 2.73. The van der Waals surface area contributed by atoms with E-state index in [9.17, 15) is 0 Å². The van der Waals surface area contributed by atoms with Crippen molar-refractivity contribution in [2.45, 2.75) is 155 Å². The maximum absolute atomic E-state index is 6.23. The van der Waals surface area contributed by atoms with Crippen LogP contribution in [0.5, 0.6) is 0 Å². The van der Waals surface area contributed by atoms with Crippen LogP contribution in [-0.2, 0) is 4.74 Å². The van der Waals surface area contributed by atoms with Crippen LogP contribution in [0.1, 0.15) is 130 Å². The number of ether oxygens (including phenoxy) is 1. The van der Waals surface area contributed by atoms with Crippen LogP contribution < -0.4 is 0 Å². The van der Waals surface area contributed by atoms with E-state index >= 15 is 0 Å². The van der Waals surface area contributed by atoms with E-state index in [1.807, 2.05) is 0 Å². The minimum Gasteiger partial charge on any atom is -0.375 e. The minimum absolute atomic E-state index is 0.597. The molecule has 2 heteroatoms. The Balaban J connectivity index is 0.000000176. The van der Waals surface area contributed by atoms with E-state index in [-0.39, 0.29) is 0 Å². The summed E-state index contributed by atoms with van der Waals surface area (Å²) >= 11 is 0. The van der Waals surface area contributed by atoms with Crippen molar-refractivity contribution in [3.8, 4) is 0 Å². The Bertz CT molecular complexity index is 419. The predicted octanol–water partition coefficient (Wildman–Crippen LogP) is 8.24. The molecule has 0 aliphatic heterocycles. The summed E-state index contributed by atoms with van der Waals surface area (Å²) in [7, 11) is 2.39. The lowest BCUT2D eigenvalue weighted by Gasteiger charge is -2.41. The first-order chi connectivity index (χ1) is 14.9. The van der Waals surface area contributed by atoms with Crippen molar-refractivity contribution in [1.82, 2.24) is 4.90 Å². The number of nitrogens with zero attached hydrogens (tertiary/aromatic N) is 1. The summed E-state index contributed by atoms with van der Waals surface area (Å²) in [6, 6.07) is 1.80. The van der Waals surface area contributed by atoms with E-state index in [0.29, 0.717) is 12.2 Å². The molecule has 182 valence electrons. The van der Waals surface area contributed by atoms with E-state index in [1.54, 1.807) is 0 Å². The van der Waals surface area contributed by atoms with Gasteiger partial charge in [-0.05, 0) is 133 Å². The molecule has 4 rings (SSSR count). The number of hydrogen-bond acceptors (Lipinski definition) is 2. The molecule has 0 heterocycles. The zero-order valence-corrected chi connectivity index (χ0v) is 21.8. The summed E-state index contributed by atoms with van der Waals surface area (Å²) in [5.74, 6) is 3.85. The van der Waals surface area contributed by atoms with Crippen molar-refractivity contribution in [2.75, 3.05) is 7.05 Å². The van der Waals surface area contributed by atoms with Crippen molar-refractivity contribution in [3.05, 3.63) is 0 Å². The molecule has 0 aromatic rings. The highest BCUT2D eigenvalue weighted by atomic mass is 16.5. The average Bonchev–Trinajstić information content (AvgIpc) is 2.78. The lowest BCUT2D eigenvalue weighted by atomic mass is 9.83. The molecule has 4 aliphatic carbocycles. The van der Waals surface area contributed by atoms with E-state index in [0.717, 1.165) is 35.8 Å². The van der Waals surface area contributed by atoms with Crippen LogP contribution in [0.25, 0.3) is 0 Å². The number of hydrogen-bond donors (Lipinski definition) is 0. The second-order valence-electron chi connectivity index (χ2n) is 12.4. The Labute approximate surface area is 195 Å². The van der Waals surface area contributed by atoms with Gasteiger partial charge in [-0.25, -0.2) is 0 Å². The van der Waals surface area contributed by atoms with Gasteiger partial charge in [0, 0.05) is 12.1 Å². The second-order valence-corrected chi connectivity index (χ2v) is 12.4. The Hall–Kier alpha value is -0.0800. The van der Waals surface area contributed by atoms with Gasteiger partial charge in [0.25, 0.3) is 0 Å². The molecule has 0 atom stereocenters. The fourth-order valence-electron chi connectivity index (χ4n) is 6.60. The third-order valence-electron chi connectivity index (χ3n) is 9.43. The van der Waals surface area contributed by atoms with Crippen LogP contribution in [0.3, 0.4) is 0 Å². The molecular weight excluding hydrogens is 378 g/mol. The molecule has 0 spiro atoms. The van der Waals surface area contributed by atoms with Gasteiger partial charge in [-0.15, -0.1) is 0 Å². The van der Waals surface area contributed by atoms with Crippen LogP contribution >= 0.6 is 0 Å². The minimum atomic E-state index is 0.597. The molecular formula is C29H55NO. The molecule has 0 amide bonds. The molecule has 2 nitrogen and oxygen atoms in total. The first kappa shape index (κ1) is 25.5. The molecule has 4 fully saturated rings. The van der Waals surface area contributed by atoms with Crippen LogP contribution in [0.15, 0.2) is 0 Å². The van der Waals surface area contributed by atoms with Gasteiger partial charge in [0.2, 0.25) is 0 Å². The first-order valence-electron chi connectivity index (χ1n) is 14.3. The summed E-state index contributed by atoms with van der Waals surface area (Å²) < 4.78 is 6.23. The van der Waals surface area contributed by atoms with Crippen molar-refractivity contribution in [2.24, 2.45) is 23.7 Å². The molecule has 0 aromatic heterocycles. The third kappa shape index (κ3) is 8.65. The monoisotopic (exact) mass is 433 g/mol. The topological polar surface area (TPSA) is 12.5 Å². The normalized spacial score (nSPS) is 42.0. The van der Waals surface area contributed by atoms with Crippen LogP contribution in [0.4, 0.5) is 0 Å². The first-order valence-corrected chi connectivity index (χ1v) is 14.3. The SMILES string of the molecule is CC1CCC(N(C)C2CCC(C)CC2)CC1.CC1CCC(OC2CCC(C)CC2)CC1. The van der Waals surface area contributed by atoms with E-state index in [2.05, 4.69) is 39.6 Å². The Morgan fingerprint density at radius 2 is 0.677 bits per heavy atom. The standard InChI is InChI=1S/C15H29N.C14H26O/c1-12-4-8-14(9-5-12)16(3)15-10-6-13(2)7-11-15;1-11-3-7-13(8-4-11)15-14-9-5-12(2)6-10-14/h12-15H,4-11H2,1-3H3;11-14H,3-10H2,1-2H3. The number of rotatable bonds is 4. The third-order valence-corrected chi connectivity index (χ3v) is 9.43. The molecule has 31 heavy (non-hydrogen) atoms. The highest BCUT2D eigenvalue weighted by Gasteiger charge is 2.29. The maximum atomic E-state index is 6.23. The summed E-state index contributed by atoms with van der Waals surface area (Å²) in [6.07, 6.45) is 23.6. The van der Waals surface area contributed by atoms with Gasteiger partial charge in [0.1, 0.15) is 0 Å².